The zero-order valence-electron chi connectivity index (χ0n) is 16.2. The lowest BCUT2D eigenvalue weighted by Gasteiger charge is -2.32. The maximum Gasteiger partial charge on any atom is 0.276 e. The largest absolute Gasteiger partial charge is 0.354 e. The topological polar surface area (TPSA) is 80.1 Å². The lowest BCUT2D eigenvalue weighted by Crippen LogP contribution is -2.46. The number of likely N-dealkylation sites (tertiary alicyclic amines) is 1. The molecule has 1 aliphatic rings. The highest BCUT2D eigenvalue weighted by molar-refractivity contribution is 5.93. The van der Waals surface area contributed by atoms with Gasteiger partial charge in [-0.2, -0.15) is 0 Å². The molecule has 27 heavy (non-hydrogen) atoms. The molecule has 1 fully saturated rings. The van der Waals surface area contributed by atoms with Crippen molar-refractivity contribution in [3.63, 3.8) is 0 Å². The van der Waals surface area contributed by atoms with Gasteiger partial charge in [-0.1, -0.05) is 35.5 Å². The Morgan fingerprint density at radius 2 is 2.00 bits per heavy atom. The van der Waals surface area contributed by atoms with E-state index in [4.69, 9.17) is 0 Å². The Labute approximate surface area is 159 Å². The Bertz CT molecular complexity index is 800. The number of hydrogen-bond acceptors (Lipinski definition) is 4. The SMILES string of the molecule is Cc1c(C(=O)N2CCCC(C(=O)NC(C)C)C2)nnn1Cc1ccccc1. The van der Waals surface area contributed by atoms with Gasteiger partial charge < -0.3 is 10.2 Å². The van der Waals surface area contributed by atoms with Crippen LogP contribution in [0.3, 0.4) is 0 Å². The molecular formula is C20H27N5O2. The van der Waals surface area contributed by atoms with Crippen LogP contribution < -0.4 is 5.32 Å². The van der Waals surface area contributed by atoms with Crippen molar-refractivity contribution in [2.45, 2.75) is 46.2 Å². The van der Waals surface area contributed by atoms with E-state index in [1.54, 1.807) is 9.58 Å². The van der Waals surface area contributed by atoms with E-state index in [0.717, 1.165) is 24.1 Å². The second-order valence-electron chi connectivity index (χ2n) is 7.42. The van der Waals surface area contributed by atoms with Gasteiger partial charge in [-0.05, 0) is 39.2 Å². The maximum absolute atomic E-state index is 13.0. The summed E-state index contributed by atoms with van der Waals surface area (Å²) in [4.78, 5) is 27.0. The van der Waals surface area contributed by atoms with Crippen LogP contribution in [0.25, 0.3) is 0 Å². The van der Waals surface area contributed by atoms with Crippen LogP contribution in [-0.4, -0.2) is 50.8 Å². The van der Waals surface area contributed by atoms with E-state index in [-0.39, 0.29) is 23.8 Å². The van der Waals surface area contributed by atoms with Crippen molar-refractivity contribution in [2.75, 3.05) is 13.1 Å². The molecule has 0 aliphatic carbocycles. The Morgan fingerprint density at radius 1 is 1.26 bits per heavy atom. The third-order valence-electron chi connectivity index (χ3n) is 4.87. The number of aromatic nitrogens is 3. The molecule has 7 heteroatoms. The van der Waals surface area contributed by atoms with E-state index < -0.39 is 0 Å². The Balaban J connectivity index is 1.69. The van der Waals surface area contributed by atoms with Crippen LogP contribution in [0.5, 0.6) is 0 Å². The molecule has 7 nitrogen and oxygen atoms in total. The van der Waals surface area contributed by atoms with Crippen LogP contribution in [0.1, 0.15) is 48.4 Å². The molecule has 0 spiro atoms. The molecule has 1 atom stereocenters. The molecule has 3 rings (SSSR count). The van der Waals surface area contributed by atoms with E-state index >= 15 is 0 Å². The summed E-state index contributed by atoms with van der Waals surface area (Å²) < 4.78 is 1.75. The quantitative estimate of drug-likeness (QED) is 0.874. The summed E-state index contributed by atoms with van der Waals surface area (Å²) in [7, 11) is 0. The first-order chi connectivity index (χ1) is 13.0. The molecule has 2 aromatic rings. The number of carbonyl (C=O) groups excluding carboxylic acids is 2. The van der Waals surface area contributed by atoms with Crippen molar-refractivity contribution in [1.82, 2.24) is 25.2 Å². The number of amides is 2. The van der Waals surface area contributed by atoms with Gasteiger partial charge in [0, 0.05) is 19.1 Å². The molecule has 144 valence electrons. The fourth-order valence-electron chi connectivity index (χ4n) is 3.39. The molecule has 1 aromatic heterocycles. The van der Waals surface area contributed by atoms with Gasteiger partial charge in [0.2, 0.25) is 5.91 Å². The smallest absolute Gasteiger partial charge is 0.276 e. The number of benzene rings is 1. The maximum atomic E-state index is 13.0. The number of rotatable bonds is 5. The van der Waals surface area contributed by atoms with Crippen molar-refractivity contribution in [1.29, 1.82) is 0 Å². The molecule has 0 bridgehead atoms. The predicted octanol–water partition coefficient (Wildman–Crippen LogP) is 2.01. The fraction of sp³-hybridized carbons (Fsp3) is 0.500. The van der Waals surface area contributed by atoms with E-state index in [2.05, 4.69) is 15.6 Å². The van der Waals surface area contributed by atoms with Gasteiger partial charge in [-0.3, -0.25) is 9.59 Å². The fourth-order valence-corrected chi connectivity index (χ4v) is 3.39. The van der Waals surface area contributed by atoms with E-state index in [1.807, 2.05) is 51.1 Å². The van der Waals surface area contributed by atoms with Crippen molar-refractivity contribution >= 4 is 11.8 Å². The second-order valence-corrected chi connectivity index (χ2v) is 7.42. The van der Waals surface area contributed by atoms with Crippen molar-refractivity contribution in [3.05, 3.63) is 47.3 Å². The van der Waals surface area contributed by atoms with Crippen LogP contribution in [0.2, 0.25) is 0 Å². The molecule has 1 N–H and O–H groups in total. The monoisotopic (exact) mass is 369 g/mol. The predicted molar refractivity (Wildman–Crippen MR) is 102 cm³/mol. The highest BCUT2D eigenvalue weighted by Gasteiger charge is 2.31. The van der Waals surface area contributed by atoms with Gasteiger partial charge >= 0.3 is 0 Å². The van der Waals surface area contributed by atoms with Gasteiger partial charge in [0.1, 0.15) is 0 Å². The van der Waals surface area contributed by atoms with Gasteiger partial charge in [0.15, 0.2) is 5.69 Å². The van der Waals surface area contributed by atoms with Crippen LogP contribution >= 0.6 is 0 Å². The summed E-state index contributed by atoms with van der Waals surface area (Å²) in [5.74, 6) is -0.286. The molecule has 2 amide bonds. The summed E-state index contributed by atoms with van der Waals surface area (Å²) in [5.41, 5.74) is 2.22. The third-order valence-corrected chi connectivity index (χ3v) is 4.87. The molecule has 1 aliphatic heterocycles. The number of hydrogen-bond donors (Lipinski definition) is 1. The van der Waals surface area contributed by atoms with Gasteiger partial charge in [-0.25, -0.2) is 4.68 Å². The Kier molecular flexibility index (Phi) is 5.88. The minimum absolute atomic E-state index is 0.0203. The summed E-state index contributed by atoms with van der Waals surface area (Å²) in [5, 5.41) is 11.2. The zero-order chi connectivity index (χ0) is 19.4. The summed E-state index contributed by atoms with van der Waals surface area (Å²) in [6.07, 6.45) is 1.63. The summed E-state index contributed by atoms with van der Waals surface area (Å²) >= 11 is 0. The minimum Gasteiger partial charge on any atom is -0.354 e. The van der Waals surface area contributed by atoms with Crippen molar-refractivity contribution in [2.24, 2.45) is 5.92 Å². The molecule has 0 saturated carbocycles. The van der Waals surface area contributed by atoms with Crippen LogP contribution in [-0.2, 0) is 11.3 Å². The summed E-state index contributed by atoms with van der Waals surface area (Å²) in [6, 6.07) is 10.1. The van der Waals surface area contributed by atoms with Crippen molar-refractivity contribution < 1.29 is 9.59 Å². The lowest BCUT2D eigenvalue weighted by molar-refractivity contribution is -0.126. The number of piperidine rings is 1. The number of carbonyl (C=O) groups is 2. The Hall–Kier alpha value is -2.70. The van der Waals surface area contributed by atoms with Crippen LogP contribution in [0.15, 0.2) is 30.3 Å². The van der Waals surface area contributed by atoms with Crippen molar-refractivity contribution in [3.8, 4) is 0 Å². The molecule has 2 heterocycles. The highest BCUT2D eigenvalue weighted by atomic mass is 16.2. The first kappa shape index (κ1) is 19.1. The second kappa shape index (κ2) is 8.33. The third kappa shape index (κ3) is 4.53. The Morgan fingerprint density at radius 3 is 2.70 bits per heavy atom. The lowest BCUT2D eigenvalue weighted by atomic mass is 9.96. The number of nitrogens with one attached hydrogen (secondary N) is 1. The molecular weight excluding hydrogens is 342 g/mol. The zero-order valence-corrected chi connectivity index (χ0v) is 16.2. The highest BCUT2D eigenvalue weighted by Crippen LogP contribution is 2.20. The first-order valence-electron chi connectivity index (χ1n) is 9.49. The average Bonchev–Trinajstić information content (AvgIpc) is 3.02. The average molecular weight is 369 g/mol. The standard InChI is InChI=1S/C20H27N5O2/c1-14(2)21-19(26)17-10-7-11-24(13-17)20(27)18-15(3)25(23-22-18)12-16-8-5-4-6-9-16/h4-6,8-9,14,17H,7,10-13H2,1-3H3,(H,21,26). The molecule has 1 unspecified atom stereocenters. The van der Waals surface area contributed by atoms with Crippen LogP contribution in [0.4, 0.5) is 0 Å². The number of nitrogens with zero attached hydrogens (tertiary/aromatic N) is 4. The normalized spacial score (nSPS) is 17.2. The van der Waals surface area contributed by atoms with Gasteiger partial charge in [0.05, 0.1) is 18.2 Å². The van der Waals surface area contributed by atoms with E-state index in [1.165, 1.54) is 0 Å². The first-order valence-corrected chi connectivity index (χ1v) is 9.49. The minimum atomic E-state index is -0.162. The van der Waals surface area contributed by atoms with E-state index in [9.17, 15) is 9.59 Å². The van der Waals surface area contributed by atoms with Gasteiger partial charge in [0.25, 0.3) is 5.91 Å². The molecule has 1 aromatic carbocycles. The van der Waals surface area contributed by atoms with Crippen LogP contribution in [0, 0.1) is 12.8 Å². The summed E-state index contributed by atoms with van der Waals surface area (Å²) in [6.45, 7) is 7.41. The van der Waals surface area contributed by atoms with E-state index in [0.29, 0.717) is 25.3 Å². The molecule has 1 saturated heterocycles. The molecule has 0 radical (unpaired) electrons. The van der Waals surface area contributed by atoms with Gasteiger partial charge in [-0.15, -0.1) is 5.10 Å².